The van der Waals surface area contributed by atoms with E-state index < -0.39 is 6.10 Å². The van der Waals surface area contributed by atoms with Crippen molar-refractivity contribution in [3.8, 4) is 0 Å². The second kappa shape index (κ2) is 43.1. The molecule has 0 rings (SSSR count). The third-order valence-corrected chi connectivity index (χ3v) is 8.57. The maximum absolute atomic E-state index is 12.7. The summed E-state index contributed by atoms with van der Waals surface area (Å²) < 4.78 is 16.5. The molecule has 0 aliphatic carbocycles. The zero-order valence-corrected chi connectivity index (χ0v) is 35.1. The van der Waals surface area contributed by atoms with Gasteiger partial charge in [-0.1, -0.05) is 157 Å². The number of allylic oxidation sites excluding steroid dienone is 16. The van der Waals surface area contributed by atoms with Crippen LogP contribution in [-0.4, -0.2) is 37.2 Å². The number of hydrogen-bond donors (Lipinski definition) is 0. The van der Waals surface area contributed by atoms with Gasteiger partial charge in [0.05, 0.1) is 0 Å². The van der Waals surface area contributed by atoms with Crippen LogP contribution in [0.2, 0.25) is 0 Å². The van der Waals surface area contributed by atoms with Crippen LogP contribution in [0, 0.1) is 0 Å². The third kappa shape index (κ3) is 41.3. The first-order chi connectivity index (χ1) is 27.0. The largest absolute Gasteiger partial charge is 0.462 e. The summed E-state index contributed by atoms with van der Waals surface area (Å²) in [6.07, 6.45) is 55.6. The van der Waals surface area contributed by atoms with E-state index in [1.807, 2.05) is 12.2 Å². The summed E-state index contributed by atoms with van der Waals surface area (Å²) in [5.74, 6) is -1.07. The number of unbranched alkanes of at least 4 members (excludes halogenated alkanes) is 10. The maximum atomic E-state index is 12.7. The van der Waals surface area contributed by atoms with E-state index in [9.17, 15) is 14.4 Å². The number of rotatable bonds is 37. The number of carbonyl (C=O) groups is 3. The molecule has 0 aromatic heterocycles. The van der Waals surface area contributed by atoms with E-state index in [-0.39, 0.29) is 44.0 Å². The quantitative estimate of drug-likeness (QED) is 0.0271. The third-order valence-electron chi connectivity index (χ3n) is 8.57. The highest BCUT2D eigenvalue weighted by molar-refractivity contribution is 5.71. The smallest absolute Gasteiger partial charge is 0.306 e. The first kappa shape index (κ1) is 51.3. The van der Waals surface area contributed by atoms with E-state index in [1.165, 1.54) is 25.7 Å². The Morgan fingerprint density at radius 2 is 0.764 bits per heavy atom. The highest BCUT2D eigenvalue weighted by Crippen LogP contribution is 2.11. The predicted molar refractivity (Wildman–Crippen MR) is 233 cm³/mol. The Hall–Kier alpha value is -3.67. The Kier molecular flexibility index (Phi) is 40.2. The minimum Gasteiger partial charge on any atom is -0.462 e. The molecule has 310 valence electrons. The average molecular weight is 763 g/mol. The van der Waals surface area contributed by atoms with Gasteiger partial charge in [0.2, 0.25) is 0 Å². The molecule has 0 fully saturated rings. The zero-order valence-electron chi connectivity index (χ0n) is 35.1. The van der Waals surface area contributed by atoms with Crippen LogP contribution in [0.1, 0.15) is 175 Å². The van der Waals surface area contributed by atoms with Crippen molar-refractivity contribution in [2.75, 3.05) is 13.2 Å². The van der Waals surface area contributed by atoms with Crippen molar-refractivity contribution in [2.24, 2.45) is 0 Å². The molecule has 1 atom stereocenters. The lowest BCUT2D eigenvalue weighted by Gasteiger charge is -2.18. The topological polar surface area (TPSA) is 78.9 Å². The zero-order chi connectivity index (χ0) is 40.1. The van der Waals surface area contributed by atoms with Crippen LogP contribution in [0.4, 0.5) is 0 Å². The minimum absolute atomic E-state index is 0.123. The van der Waals surface area contributed by atoms with E-state index in [0.717, 1.165) is 96.3 Å². The molecule has 0 heterocycles. The van der Waals surface area contributed by atoms with E-state index in [4.69, 9.17) is 14.2 Å². The molecule has 1 unspecified atom stereocenters. The minimum atomic E-state index is -0.823. The number of ether oxygens (including phenoxy) is 3. The van der Waals surface area contributed by atoms with Crippen molar-refractivity contribution in [2.45, 2.75) is 181 Å². The second-order valence-corrected chi connectivity index (χ2v) is 13.8. The average Bonchev–Trinajstić information content (AvgIpc) is 3.18. The van der Waals surface area contributed by atoms with Gasteiger partial charge in [0.1, 0.15) is 13.2 Å². The summed E-state index contributed by atoms with van der Waals surface area (Å²) in [6.45, 7) is 6.23. The van der Waals surface area contributed by atoms with Crippen LogP contribution >= 0.6 is 0 Å². The molecule has 55 heavy (non-hydrogen) atoms. The fraction of sp³-hybridized carbons (Fsp3) is 0.612. The first-order valence-electron chi connectivity index (χ1n) is 21.7. The normalized spacial score (nSPS) is 13.0. The van der Waals surface area contributed by atoms with Crippen LogP contribution in [-0.2, 0) is 28.6 Å². The lowest BCUT2D eigenvalue weighted by Crippen LogP contribution is -2.30. The van der Waals surface area contributed by atoms with E-state index in [2.05, 4.69) is 106 Å². The first-order valence-corrected chi connectivity index (χ1v) is 21.7. The highest BCUT2D eigenvalue weighted by atomic mass is 16.6. The van der Waals surface area contributed by atoms with Gasteiger partial charge in [-0.15, -0.1) is 0 Å². The molecule has 0 radical (unpaired) electrons. The Morgan fingerprint density at radius 1 is 0.382 bits per heavy atom. The van der Waals surface area contributed by atoms with Crippen molar-refractivity contribution >= 4 is 17.9 Å². The van der Waals surface area contributed by atoms with E-state index in [0.29, 0.717) is 19.3 Å². The molecule has 0 saturated carbocycles. The van der Waals surface area contributed by atoms with Crippen molar-refractivity contribution in [3.63, 3.8) is 0 Å². The number of hydrogen-bond acceptors (Lipinski definition) is 6. The second-order valence-electron chi connectivity index (χ2n) is 13.8. The van der Waals surface area contributed by atoms with Gasteiger partial charge in [0, 0.05) is 19.3 Å². The molecule has 6 heteroatoms. The molecule has 0 aromatic carbocycles. The van der Waals surface area contributed by atoms with Crippen LogP contribution < -0.4 is 0 Å². The summed E-state index contributed by atoms with van der Waals surface area (Å²) in [5, 5.41) is 0. The SMILES string of the molecule is CC/C=C\C/C=C\C/C=C\C/C=C\C/C=C\CCC(=O)OCC(COC(=O)CCC/C=C\CCCCCC)OC(=O)CCCCCCC/C=C\C/C=C\CC. The van der Waals surface area contributed by atoms with Crippen LogP contribution in [0.15, 0.2) is 97.2 Å². The molecular formula is C49H78O6. The van der Waals surface area contributed by atoms with Gasteiger partial charge < -0.3 is 14.2 Å². The van der Waals surface area contributed by atoms with Crippen LogP contribution in [0.25, 0.3) is 0 Å². The van der Waals surface area contributed by atoms with Crippen molar-refractivity contribution < 1.29 is 28.6 Å². The summed E-state index contributed by atoms with van der Waals surface area (Å²) >= 11 is 0. The van der Waals surface area contributed by atoms with Crippen molar-refractivity contribution in [3.05, 3.63) is 97.2 Å². The Morgan fingerprint density at radius 3 is 1.29 bits per heavy atom. The van der Waals surface area contributed by atoms with Gasteiger partial charge in [-0.2, -0.15) is 0 Å². The molecule has 0 saturated heterocycles. The summed E-state index contributed by atoms with van der Waals surface area (Å²) in [5.41, 5.74) is 0. The molecule has 0 aliphatic heterocycles. The van der Waals surface area contributed by atoms with Crippen LogP contribution in [0.5, 0.6) is 0 Å². The standard InChI is InChI=1S/C49H78O6/c1-4-7-10-13-16-19-21-23-24-25-26-28-30-33-36-39-42-48(51)54-45-46(44-53-47(50)41-38-35-32-29-18-15-12-9-6-3)55-49(52)43-40-37-34-31-27-22-20-17-14-11-8-5-2/h7-8,10-11,16-17,19-20,23-24,26,28-29,32-33,36,46H,4-6,9,12-15,18,21-22,25,27,30-31,34-35,37-45H2,1-3H3/b10-7-,11-8-,19-16-,20-17-,24-23-,28-26-,32-29-,36-33-. The van der Waals surface area contributed by atoms with Crippen molar-refractivity contribution in [1.29, 1.82) is 0 Å². The van der Waals surface area contributed by atoms with Gasteiger partial charge in [0.15, 0.2) is 6.10 Å². The van der Waals surface area contributed by atoms with E-state index in [1.54, 1.807) is 0 Å². The molecular weight excluding hydrogens is 685 g/mol. The Labute approximate surface area is 337 Å². The molecule has 0 bridgehead atoms. The van der Waals surface area contributed by atoms with Crippen molar-refractivity contribution in [1.82, 2.24) is 0 Å². The Balaban J connectivity index is 4.54. The van der Waals surface area contributed by atoms with E-state index >= 15 is 0 Å². The van der Waals surface area contributed by atoms with Gasteiger partial charge >= 0.3 is 17.9 Å². The number of esters is 3. The Bertz CT molecular complexity index is 1150. The fourth-order valence-corrected chi connectivity index (χ4v) is 5.35. The van der Waals surface area contributed by atoms with Gasteiger partial charge in [-0.05, 0) is 96.3 Å². The molecule has 6 nitrogen and oxygen atoms in total. The van der Waals surface area contributed by atoms with Gasteiger partial charge in [-0.3, -0.25) is 14.4 Å². The van der Waals surface area contributed by atoms with Crippen LogP contribution in [0.3, 0.4) is 0 Å². The summed E-state index contributed by atoms with van der Waals surface area (Å²) in [7, 11) is 0. The molecule has 0 spiro atoms. The predicted octanol–water partition coefficient (Wildman–Crippen LogP) is 13.9. The lowest BCUT2D eigenvalue weighted by molar-refractivity contribution is -0.166. The molecule has 0 N–H and O–H groups in total. The molecule has 0 aliphatic rings. The highest BCUT2D eigenvalue weighted by Gasteiger charge is 2.19. The maximum Gasteiger partial charge on any atom is 0.306 e. The number of carbonyl (C=O) groups excluding carboxylic acids is 3. The molecule has 0 aromatic rings. The summed E-state index contributed by atoms with van der Waals surface area (Å²) in [6, 6.07) is 0. The van der Waals surface area contributed by atoms with Gasteiger partial charge in [-0.25, -0.2) is 0 Å². The monoisotopic (exact) mass is 763 g/mol. The fourth-order valence-electron chi connectivity index (χ4n) is 5.35. The molecule has 0 amide bonds. The lowest BCUT2D eigenvalue weighted by atomic mass is 10.1. The van der Waals surface area contributed by atoms with Gasteiger partial charge in [0.25, 0.3) is 0 Å². The summed E-state index contributed by atoms with van der Waals surface area (Å²) in [4.78, 5) is 37.6.